The molecule has 1 aliphatic heterocycles. The first kappa shape index (κ1) is 10.8. The standard InChI is InChI=1S/C12H17ClN2/c1-10-3-4-11(13)9-12(10)15-7-5-14(2)6-8-15/h3-4,9H,5-8H2,1-2H3. The van der Waals surface area contributed by atoms with Crippen molar-refractivity contribution in [1.29, 1.82) is 0 Å². The maximum atomic E-state index is 6.03. The fraction of sp³-hybridized carbons (Fsp3) is 0.500. The Hall–Kier alpha value is -0.730. The molecule has 0 aliphatic carbocycles. The van der Waals surface area contributed by atoms with Crippen LogP contribution in [0.15, 0.2) is 18.2 Å². The van der Waals surface area contributed by atoms with Gasteiger partial charge in [-0.2, -0.15) is 0 Å². The highest BCUT2D eigenvalue weighted by Gasteiger charge is 2.15. The highest BCUT2D eigenvalue weighted by atomic mass is 35.5. The van der Waals surface area contributed by atoms with Crippen molar-refractivity contribution in [2.75, 3.05) is 38.1 Å². The lowest BCUT2D eigenvalue weighted by Crippen LogP contribution is -2.44. The van der Waals surface area contributed by atoms with Crippen LogP contribution >= 0.6 is 11.6 Å². The molecule has 0 saturated carbocycles. The van der Waals surface area contributed by atoms with E-state index in [4.69, 9.17) is 11.6 Å². The molecule has 0 radical (unpaired) electrons. The van der Waals surface area contributed by atoms with Gasteiger partial charge in [-0.25, -0.2) is 0 Å². The fourth-order valence-electron chi connectivity index (χ4n) is 1.97. The van der Waals surface area contributed by atoms with Crippen molar-refractivity contribution >= 4 is 17.3 Å². The molecule has 1 heterocycles. The molecule has 1 fully saturated rings. The summed E-state index contributed by atoms with van der Waals surface area (Å²) in [5, 5.41) is 0.828. The van der Waals surface area contributed by atoms with Crippen molar-refractivity contribution in [2.45, 2.75) is 6.92 Å². The Morgan fingerprint density at radius 3 is 2.47 bits per heavy atom. The van der Waals surface area contributed by atoms with E-state index in [1.807, 2.05) is 6.07 Å². The number of halogens is 1. The zero-order valence-corrected chi connectivity index (χ0v) is 10.1. The maximum absolute atomic E-state index is 6.03. The molecule has 0 unspecified atom stereocenters. The second-order valence-corrected chi connectivity index (χ2v) is 4.66. The van der Waals surface area contributed by atoms with E-state index >= 15 is 0 Å². The van der Waals surface area contributed by atoms with Crippen LogP contribution in [0, 0.1) is 6.92 Å². The first-order chi connectivity index (χ1) is 7.16. The third kappa shape index (κ3) is 2.44. The van der Waals surface area contributed by atoms with Gasteiger partial charge in [0.1, 0.15) is 0 Å². The number of hydrogen-bond acceptors (Lipinski definition) is 2. The lowest BCUT2D eigenvalue weighted by Gasteiger charge is -2.35. The normalized spacial score (nSPS) is 18.2. The van der Waals surface area contributed by atoms with E-state index in [9.17, 15) is 0 Å². The van der Waals surface area contributed by atoms with Gasteiger partial charge in [0.15, 0.2) is 0 Å². The number of benzene rings is 1. The minimum Gasteiger partial charge on any atom is -0.369 e. The molecule has 2 nitrogen and oxygen atoms in total. The van der Waals surface area contributed by atoms with Gasteiger partial charge in [0, 0.05) is 36.9 Å². The Balaban J connectivity index is 2.18. The van der Waals surface area contributed by atoms with Crippen molar-refractivity contribution in [1.82, 2.24) is 4.90 Å². The third-order valence-electron chi connectivity index (χ3n) is 3.02. The van der Waals surface area contributed by atoms with Crippen LogP contribution in [0.2, 0.25) is 5.02 Å². The predicted molar refractivity (Wildman–Crippen MR) is 65.9 cm³/mol. The highest BCUT2D eigenvalue weighted by molar-refractivity contribution is 6.30. The summed E-state index contributed by atoms with van der Waals surface area (Å²) < 4.78 is 0. The third-order valence-corrected chi connectivity index (χ3v) is 3.25. The van der Waals surface area contributed by atoms with Gasteiger partial charge < -0.3 is 9.80 Å². The topological polar surface area (TPSA) is 6.48 Å². The smallest absolute Gasteiger partial charge is 0.0426 e. The van der Waals surface area contributed by atoms with Crippen molar-refractivity contribution in [3.05, 3.63) is 28.8 Å². The van der Waals surface area contributed by atoms with Crippen molar-refractivity contribution in [3.8, 4) is 0 Å². The van der Waals surface area contributed by atoms with E-state index in [0.29, 0.717) is 0 Å². The van der Waals surface area contributed by atoms with Crippen molar-refractivity contribution in [3.63, 3.8) is 0 Å². The summed E-state index contributed by atoms with van der Waals surface area (Å²) in [6.45, 7) is 6.59. The molecule has 0 bridgehead atoms. The molecule has 1 aromatic rings. The zero-order chi connectivity index (χ0) is 10.8. The molecule has 0 aromatic heterocycles. The summed E-state index contributed by atoms with van der Waals surface area (Å²) in [7, 11) is 2.17. The molecule has 3 heteroatoms. The van der Waals surface area contributed by atoms with E-state index in [1.54, 1.807) is 0 Å². The van der Waals surface area contributed by atoms with E-state index in [0.717, 1.165) is 31.2 Å². The summed E-state index contributed by atoms with van der Waals surface area (Å²) in [5.41, 5.74) is 2.60. The van der Waals surface area contributed by atoms with Gasteiger partial charge in [0.05, 0.1) is 0 Å². The van der Waals surface area contributed by atoms with Crippen LogP contribution in [0.25, 0.3) is 0 Å². The molecule has 1 aliphatic rings. The summed E-state index contributed by atoms with van der Waals surface area (Å²) >= 11 is 6.03. The minimum atomic E-state index is 0.828. The van der Waals surface area contributed by atoms with Crippen LogP contribution in [0.3, 0.4) is 0 Å². The first-order valence-corrected chi connectivity index (χ1v) is 5.74. The highest BCUT2D eigenvalue weighted by Crippen LogP contribution is 2.24. The number of aryl methyl sites for hydroxylation is 1. The second-order valence-electron chi connectivity index (χ2n) is 4.22. The Kier molecular flexibility index (Phi) is 3.17. The number of likely N-dealkylation sites (N-methyl/N-ethyl adjacent to an activating group) is 1. The van der Waals surface area contributed by atoms with Gasteiger partial charge in [-0.1, -0.05) is 17.7 Å². The van der Waals surface area contributed by atoms with Crippen LogP contribution in [0.5, 0.6) is 0 Å². The lowest BCUT2D eigenvalue weighted by molar-refractivity contribution is 0.312. The van der Waals surface area contributed by atoms with E-state index in [1.165, 1.54) is 11.3 Å². The molecule has 0 atom stereocenters. The molecule has 2 rings (SSSR count). The van der Waals surface area contributed by atoms with Crippen molar-refractivity contribution in [2.24, 2.45) is 0 Å². The van der Waals surface area contributed by atoms with Crippen LogP contribution in [0.4, 0.5) is 5.69 Å². The van der Waals surface area contributed by atoms with Crippen LogP contribution in [-0.2, 0) is 0 Å². The molecule has 0 spiro atoms. The molecule has 0 amide bonds. The largest absolute Gasteiger partial charge is 0.369 e. The summed E-state index contributed by atoms with van der Waals surface area (Å²) in [6.07, 6.45) is 0. The minimum absolute atomic E-state index is 0.828. The van der Waals surface area contributed by atoms with Gasteiger partial charge >= 0.3 is 0 Å². The summed E-state index contributed by atoms with van der Waals surface area (Å²) in [6, 6.07) is 6.12. The number of piperazine rings is 1. The Bertz CT molecular complexity index is 343. The Morgan fingerprint density at radius 2 is 1.80 bits per heavy atom. The number of anilines is 1. The van der Waals surface area contributed by atoms with Gasteiger partial charge in [-0.05, 0) is 31.7 Å². The van der Waals surface area contributed by atoms with Gasteiger partial charge in [0.2, 0.25) is 0 Å². The lowest BCUT2D eigenvalue weighted by atomic mass is 10.1. The molecular weight excluding hydrogens is 208 g/mol. The maximum Gasteiger partial charge on any atom is 0.0426 e. The number of rotatable bonds is 1. The average Bonchev–Trinajstić information content (AvgIpc) is 2.23. The second kappa shape index (κ2) is 4.42. The SMILES string of the molecule is Cc1ccc(Cl)cc1N1CCN(C)CC1. The molecule has 15 heavy (non-hydrogen) atoms. The Morgan fingerprint density at radius 1 is 1.13 bits per heavy atom. The van der Waals surface area contributed by atoms with E-state index in [2.05, 4.69) is 35.9 Å². The molecule has 82 valence electrons. The van der Waals surface area contributed by atoms with Crippen LogP contribution in [0.1, 0.15) is 5.56 Å². The molecule has 1 aromatic carbocycles. The first-order valence-electron chi connectivity index (χ1n) is 5.36. The quantitative estimate of drug-likeness (QED) is 0.723. The zero-order valence-electron chi connectivity index (χ0n) is 9.33. The number of hydrogen-bond donors (Lipinski definition) is 0. The van der Waals surface area contributed by atoms with Crippen LogP contribution in [-0.4, -0.2) is 38.1 Å². The number of nitrogens with zero attached hydrogens (tertiary/aromatic N) is 2. The van der Waals surface area contributed by atoms with Gasteiger partial charge in [-0.15, -0.1) is 0 Å². The summed E-state index contributed by atoms with van der Waals surface area (Å²) in [5.74, 6) is 0. The average molecular weight is 225 g/mol. The fourth-order valence-corrected chi connectivity index (χ4v) is 2.14. The van der Waals surface area contributed by atoms with Crippen molar-refractivity contribution < 1.29 is 0 Å². The van der Waals surface area contributed by atoms with Gasteiger partial charge in [0.25, 0.3) is 0 Å². The molecular formula is C12H17ClN2. The molecule has 1 saturated heterocycles. The van der Waals surface area contributed by atoms with E-state index in [-0.39, 0.29) is 0 Å². The molecule has 0 N–H and O–H groups in total. The monoisotopic (exact) mass is 224 g/mol. The Labute approximate surface area is 96.4 Å². The van der Waals surface area contributed by atoms with E-state index < -0.39 is 0 Å². The van der Waals surface area contributed by atoms with Crippen LogP contribution < -0.4 is 4.90 Å². The summed E-state index contributed by atoms with van der Waals surface area (Å²) in [4.78, 5) is 4.78. The van der Waals surface area contributed by atoms with Gasteiger partial charge in [-0.3, -0.25) is 0 Å². The predicted octanol–water partition coefficient (Wildman–Crippen LogP) is 2.40.